The van der Waals surface area contributed by atoms with Gasteiger partial charge in [0.2, 0.25) is 0 Å². The fourth-order valence-electron chi connectivity index (χ4n) is 3.88. The Kier molecular flexibility index (Phi) is 5.63. The van der Waals surface area contributed by atoms with E-state index < -0.39 is 17.8 Å². The quantitative estimate of drug-likeness (QED) is 0.212. The van der Waals surface area contributed by atoms with E-state index in [0.717, 1.165) is 4.68 Å². The Hall–Kier alpha value is -5.13. The molecule has 0 atom stereocenters. The summed E-state index contributed by atoms with van der Waals surface area (Å²) < 4.78 is 42.6. The summed E-state index contributed by atoms with van der Waals surface area (Å²) in [5.41, 5.74) is 6.07. The number of benzene rings is 3. The molecule has 37 heavy (non-hydrogen) atoms. The minimum absolute atomic E-state index is 0.127. The lowest BCUT2D eigenvalue weighted by molar-refractivity contribution is -0.141. The second-order valence-corrected chi connectivity index (χ2v) is 8.07. The molecule has 0 unspecified atom stereocenters. The number of amides is 1. The molecule has 12 heteroatoms. The lowest BCUT2D eigenvalue weighted by atomic mass is 10.2. The predicted molar refractivity (Wildman–Crippen MR) is 131 cm³/mol. The summed E-state index contributed by atoms with van der Waals surface area (Å²) in [5, 5.41) is 13.7. The van der Waals surface area contributed by atoms with E-state index in [2.05, 4.69) is 15.4 Å². The first kappa shape index (κ1) is 23.6. The largest absolute Gasteiger partial charge is 0.435 e. The minimum atomic E-state index is -4.79. The van der Waals surface area contributed by atoms with Crippen LogP contribution in [0.2, 0.25) is 0 Å². The molecule has 3 aromatic carbocycles. The van der Waals surface area contributed by atoms with Gasteiger partial charge in [-0.1, -0.05) is 24.3 Å². The SMILES string of the molecule is N=C(N)c1cccc(-n2nc(C(F)(F)F)cc2C(=O)Nc2ccc(-n3c(=O)[nH]c4ccccc43)cc2)c1. The molecule has 186 valence electrons. The zero-order chi connectivity index (χ0) is 26.3. The Balaban J connectivity index is 1.47. The Labute approximate surface area is 206 Å². The van der Waals surface area contributed by atoms with E-state index >= 15 is 0 Å². The summed E-state index contributed by atoms with van der Waals surface area (Å²) in [6.45, 7) is 0. The number of imidazole rings is 1. The molecule has 0 aliphatic rings. The zero-order valence-electron chi connectivity index (χ0n) is 18.9. The van der Waals surface area contributed by atoms with Gasteiger partial charge in [0.05, 0.1) is 22.4 Å². The van der Waals surface area contributed by atoms with E-state index in [1.165, 1.54) is 41.0 Å². The highest BCUT2D eigenvalue weighted by Gasteiger charge is 2.36. The molecule has 9 nitrogen and oxygen atoms in total. The molecule has 5 N–H and O–H groups in total. The summed E-state index contributed by atoms with van der Waals surface area (Å²) in [6, 6.07) is 19.9. The normalized spacial score (nSPS) is 11.5. The zero-order valence-corrected chi connectivity index (χ0v) is 18.9. The number of amidine groups is 1. The number of halogens is 3. The summed E-state index contributed by atoms with van der Waals surface area (Å²) in [4.78, 5) is 28.2. The summed E-state index contributed by atoms with van der Waals surface area (Å²) in [5.74, 6) is -1.13. The van der Waals surface area contributed by atoms with Crippen molar-refractivity contribution in [2.24, 2.45) is 5.73 Å². The van der Waals surface area contributed by atoms with Crippen LogP contribution in [0.5, 0.6) is 0 Å². The van der Waals surface area contributed by atoms with Gasteiger partial charge in [0.1, 0.15) is 11.5 Å². The van der Waals surface area contributed by atoms with Gasteiger partial charge in [-0.3, -0.25) is 14.8 Å². The molecular weight excluding hydrogens is 487 g/mol. The number of rotatable bonds is 5. The molecule has 0 bridgehead atoms. The van der Waals surface area contributed by atoms with Crippen LogP contribution in [0.3, 0.4) is 0 Å². The fourth-order valence-corrected chi connectivity index (χ4v) is 3.88. The number of carbonyl (C=O) groups is 1. The van der Waals surface area contributed by atoms with E-state index in [1.807, 2.05) is 0 Å². The summed E-state index contributed by atoms with van der Waals surface area (Å²) in [7, 11) is 0. The van der Waals surface area contributed by atoms with E-state index in [0.29, 0.717) is 28.5 Å². The molecule has 2 heterocycles. The molecule has 0 spiro atoms. The third kappa shape index (κ3) is 4.47. The van der Waals surface area contributed by atoms with Gasteiger partial charge in [0.25, 0.3) is 5.91 Å². The van der Waals surface area contributed by atoms with Crippen LogP contribution in [0.4, 0.5) is 18.9 Å². The molecule has 0 aliphatic carbocycles. The highest BCUT2D eigenvalue weighted by molar-refractivity contribution is 6.03. The number of anilines is 1. The van der Waals surface area contributed by atoms with Gasteiger partial charge in [-0.05, 0) is 48.5 Å². The molecule has 0 saturated carbocycles. The van der Waals surface area contributed by atoms with E-state index in [-0.39, 0.29) is 28.5 Å². The number of alkyl halides is 3. The van der Waals surface area contributed by atoms with Crippen LogP contribution in [0.1, 0.15) is 21.7 Å². The van der Waals surface area contributed by atoms with E-state index in [9.17, 15) is 22.8 Å². The van der Waals surface area contributed by atoms with Gasteiger partial charge in [-0.25, -0.2) is 9.48 Å². The number of aromatic amines is 1. The lowest BCUT2D eigenvalue weighted by Crippen LogP contribution is -2.18. The fraction of sp³-hybridized carbons (Fsp3) is 0.0400. The average Bonchev–Trinajstić information content (AvgIpc) is 3.46. The van der Waals surface area contributed by atoms with Crippen LogP contribution in [-0.2, 0) is 6.18 Å². The molecule has 0 aliphatic heterocycles. The Morgan fingerprint density at radius 2 is 1.70 bits per heavy atom. The van der Waals surface area contributed by atoms with E-state index in [1.54, 1.807) is 36.4 Å². The van der Waals surface area contributed by atoms with Crippen LogP contribution >= 0.6 is 0 Å². The third-order valence-corrected chi connectivity index (χ3v) is 5.61. The first-order chi connectivity index (χ1) is 17.6. The molecule has 0 saturated heterocycles. The van der Waals surface area contributed by atoms with Crippen molar-refractivity contribution in [3.63, 3.8) is 0 Å². The van der Waals surface area contributed by atoms with Crippen molar-refractivity contribution < 1.29 is 18.0 Å². The smallest absolute Gasteiger partial charge is 0.384 e. The number of fused-ring (bicyclic) bond motifs is 1. The topological polar surface area (TPSA) is 135 Å². The first-order valence-corrected chi connectivity index (χ1v) is 10.9. The maximum Gasteiger partial charge on any atom is 0.435 e. The number of H-pyrrole nitrogens is 1. The van der Waals surface area contributed by atoms with Gasteiger partial charge in [-0.2, -0.15) is 18.3 Å². The third-order valence-electron chi connectivity index (χ3n) is 5.61. The number of para-hydroxylation sites is 2. The molecule has 0 fully saturated rings. The highest BCUT2D eigenvalue weighted by atomic mass is 19.4. The number of hydrogen-bond acceptors (Lipinski definition) is 4. The van der Waals surface area contributed by atoms with Gasteiger partial charge in [-0.15, -0.1) is 0 Å². The number of nitrogens with two attached hydrogens (primary N) is 1. The van der Waals surface area contributed by atoms with E-state index in [4.69, 9.17) is 11.1 Å². The average molecular weight is 505 g/mol. The number of nitrogens with one attached hydrogen (secondary N) is 3. The van der Waals surface area contributed by atoms with Gasteiger partial charge in [0.15, 0.2) is 5.69 Å². The Bertz CT molecular complexity index is 1710. The van der Waals surface area contributed by atoms with Crippen LogP contribution in [0.25, 0.3) is 22.4 Å². The van der Waals surface area contributed by atoms with Crippen molar-refractivity contribution in [1.82, 2.24) is 19.3 Å². The van der Waals surface area contributed by atoms with Gasteiger partial charge < -0.3 is 16.0 Å². The van der Waals surface area contributed by atoms with Crippen molar-refractivity contribution in [2.75, 3.05) is 5.32 Å². The maximum absolute atomic E-state index is 13.4. The highest BCUT2D eigenvalue weighted by Crippen LogP contribution is 2.30. The second-order valence-electron chi connectivity index (χ2n) is 8.07. The van der Waals surface area contributed by atoms with Crippen molar-refractivity contribution in [1.29, 1.82) is 5.41 Å². The minimum Gasteiger partial charge on any atom is -0.384 e. The summed E-state index contributed by atoms with van der Waals surface area (Å²) >= 11 is 0. The lowest BCUT2D eigenvalue weighted by Gasteiger charge is -2.10. The molecule has 0 radical (unpaired) electrons. The second kappa shape index (κ2) is 8.82. The summed E-state index contributed by atoms with van der Waals surface area (Å²) in [6.07, 6.45) is -4.79. The van der Waals surface area contributed by atoms with Crippen LogP contribution in [0.15, 0.2) is 83.7 Å². The van der Waals surface area contributed by atoms with Crippen LogP contribution in [0, 0.1) is 5.41 Å². The van der Waals surface area contributed by atoms with Crippen molar-refractivity contribution in [3.8, 4) is 11.4 Å². The number of carbonyl (C=O) groups excluding carboxylic acids is 1. The molecule has 5 rings (SSSR count). The van der Waals surface area contributed by atoms with Gasteiger partial charge >= 0.3 is 11.9 Å². The predicted octanol–water partition coefficient (Wildman–Crippen LogP) is 4.06. The number of hydrogen-bond donors (Lipinski definition) is 4. The monoisotopic (exact) mass is 505 g/mol. The van der Waals surface area contributed by atoms with Gasteiger partial charge in [0, 0.05) is 17.3 Å². The maximum atomic E-state index is 13.4. The number of nitrogens with zero attached hydrogens (tertiary/aromatic N) is 3. The van der Waals surface area contributed by atoms with Crippen molar-refractivity contribution >= 4 is 28.5 Å². The molecule has 1 amide bonds. The van der Waals surface area contributed by atoms with Crippen molar-refractivity contribution in [2.45, 2.75) is 6.18 Å². The standard InChI is InChI=1S/C25H18F3N7O2/c26-25(27,28)21-13-20(35(33-21)17-5-3-4-14(12-17)22(29)30)23(36)31-15-8-10-16(11-9-15)34-19-7-2-1-6-18(19)32-24(34)37/h1-13H,(H3,29,30)(H,31,36)(H,32,37). The number of aromatic nitrogens is 4. The van der Waals surface area contributed by atoms with Crippen LogP contribution < -0.4 is 16.7 Å². The van der Waals surface area contributed by atoms with Crippen molar-refractivity contribution in [3.05, 3.63) is 106 Å². The molecular formula is C25H18F3N7O2. The Morgan fingerprint density at radius 1 is 0.973 bits per heavy atom. The first-order valence-electron chi connectivity index (χ1n) is 10.9. The molecule has 2 aromatic heterocycles. The van der Waals surface area contributed by atoms with Crippen LogP contribution in [-0.4, -0.2) is 31.1 Å². The number of nitrogen functional groups attached to an aromatic ring is 1. The Morgan fingerprint density at radius 3 is 2.41 bits per heavy atom. The molecule has 5 aromatic rings.